The van der Waals surface area contributed by atoms with Crippen molar-refractivity contribution in [1.29, 1.82) is 0 Å². The Morgan fingerprint density at radius 1 is 0.852 bits per heavy atom. The molecule has 3 aliphatic carbocycles. The van der Waals surface area contributed by atoms with Gasteiger partial charge in [0.1, 0.15) is 0 Å². The molecule has 27 heavy (non-hydrogen) atoms. The molecule has 0 amide bonds. The van der Waals surface area contributed by atoms with Crippen molar-refractivity contribution in [3.63, 3.8) is 0 Å². The molecule has 0 radical (unpaired) electrons. The van der Waals surface area contributed by atoms with Crippen molar-refractivity contribution in [3.8, 4) is 0 Å². The second kappa shape index (κ2) is 8.02. The molecule has 0 saturated heterocycles. The maximum absolute atomic E-state index is 2.69. The average molecular weight is 375 g/mol. The van der Waals surface area contributed by atoms with Gasteiger partial charge in [-0.15, -0.1) is 0 Å². The van der Waals surface area contributed by atoms with Crippen molar-refractivity contribution in [2.45, 2.75) is 126 Å². The standard InChI is InChI=1S/C27H50/c1-8-10-12-14-16-20(3)18-27-22(5)23(27)26(7)19-25(6,24(26)27)21(4)17-15-13-11-9-2/h20-24H,8-19H2,1-7H3. The molecule has 0 bridgehead atoms. The Bertz CT molecular complexity index is 494. The van der Waals surface area contributed by atoms with E-state index < -0.39 is 0 Å². The lowest BCUT2D eigenvalue weighted by Gasteiger charge is -2.73. The quantitative estimate of drug-likeness (QED) is 0.282. The predicted octanol–water partition coefficient (Wildman–Crippen LogP) is 8.89. The third-order valence-electron chi connectivity index (χ3n) is 10.0. The highest BCUT2D eigenvalue weighted by atomic mass is 14.9. The molecule has 158 valence electrons. The summed E-state index contributed by atoms with van der Waals surface area (Å²) in [6.07, 6.45) is 17.5. The second-order valence-electron chi connectivity index (χ2n) is 11.9. The largest absolute Gasteiger partial charge is 0.0654 e. The second-order valence-corrected chi connectivity index (χ2v) is 11.9. The Morgan fingerprint density at radius 3 is 2.04 bits per heavy atom. The minimum atomic E-state index is 0.643. The fourth-order valence-electron chi connectivity index (χ4n) is 9.07. The van der Waals surface area contributed by atoms with Crippen LogP contribution in [0.4, 0.5) is 0 Å². The summed E-state index contributed by atoms with van der Waals surface area (Å²) < 4.78 is 0. The zero-order chi connectivity index (χ0) is 19.9. The molecule has 0 nitrogen and oxygen atoms in total. The SMILES string of the molecule is CCCCCCC(C)CC12C(C)C1C1(C)CC(C)(C(C)CCCCCC)C12. The Balaban J connectivity index is 1.57. The topological polar surface area (TPSA) is 0 Å². The maximum Gasteiger partial charge on any atom is -0.0191 e. The van der Waals surface area contributed by atoms with Gasteiger partial charge in [0.05, 0.1) is 0 Å². The van der Waals surface area contributed by atoms with Crippen molar-refractivity contribution >= 4 is 0 Å². The predicted molar refractivity (Wildman–Crippen MR) is 120 cm³/mol. The number of hydrogen-bond donors (Lipinski definition) is 0. The molecule has 0 aliphatic heterocycles. The summed E-state index contributed by atoms with van der Waals surface area (Å²) in [5.41, 5.74) is 2.11. The minimum Gasteiger partial charge on any atom is -0.0654 e. The molecule has 0 spiro atoms. The van der Waals surface area contributed by atoms with E-state index in [9.17, 15) is 0 Å². The van der Waals surface area contributed by atoms with Crippen LogP contribution in [0.3, 0.4) is 0 Å². The molecule has 0 heteroatoms. The first-order valence-electron chi connectivity index (χ1n) is 12.8. The highest BCUT2D eigenvalue weighted by Gasteiger charge is 2.90. The molecular weight excluding hydrogens is 324 g/mol. The van der Waals surface area contributed by atoms with Gasteiger partial charge >= 0.3 is 0 Å². The zero-order valence-electron chi connectivity index (χ0n) is 19.9. The third kappa shape index (κ3) is 3.34. The van der Waals surface area contributed by atoms with Crippen LogP contribution < -0.4 is 0 Å². The van der Waals surface area contributed by atoms with Crippen LogP contribution in [0.5, 0.6) is 0 Å². The van der Waals surface area contributed by atoms with Crippen molar-refractivity contribution in [2.75, 3.05) is 0 Å². The van der Waals surface area contributed by atoms with Crippen molar-refractivity contribution in [1.82, 2.24) is 0 Å². The summed E-state index contributed by atoms with van der Waals surface area (Å²) in [5, 5.41) is 0. The molecule has 0 heterocycles. The summed E-state index contributed by atoms with van der Waals surface area (Å²) in [7, 11) is 0. The van der Waals surface area contributed by atoms with E-state index in [1.54, 1.807) is 6.42 Å². The van der Waals surface area contributed by atoms with Crippen molar-refractivity contribution in [3.05, 3.63) is 0 Å². The Labute approximate surface area is 171 Å². The van der Waals surface area contributed by atoms with Gasteiger partial charge in [0, 0.05) is 0 Å². The van der Waals surface area contributed by atoms with E-state index >= 15 is 0 Å². The Hall–Kier alpha value is 0. The lowest BCUT2D eigenvalue weighted by molar-refractivity contribution is -0.258. The van der Waals surface area contributed by atoms with Crippen LogP contribution >= 0.6 is 0 Å². The molecule has 0 N–H and O–H groups in total. The summed E-state index contributed by atoms with van der Waals surface area (Å²) in [5.74, 6) is 5.01. The maximum atomic E-state index is 2.69. The highest BCUT2D eigenvalue weighted by Crippen LogP contribution is 2.95. The van der Waals surface area contributed by atoms with Crippen molar-refractivity contribution in [2.24, 2.45) is 45.8 Å². The number of rotatable bonds is 13. The molecule has 0 aromatic heterocycles. The Morgan fingerprint density at radius 2 is 1.44 bits per heavy atom. The molecule has 3 rings (SSSR count). The monoisotopic (exact) mass is 374 g/mol. The Kier molecular flexibility index (Phi) is 6.45. The van der Waals surface area contributed by atoms with E-state index in [0.29, 0.717) is 10.8 Å². The van der Waals surface area contributed by atoms with Crippen LogP contribution in [0.25, 0.3) is 0 Å². The van der Waals surface area contributed by atoms with E-state index in [-0.39, 0.29) is 0 Å². The summed E-state index contributed by atoms with van der Waals surface area (Å²) >= 11 is 0. The normalized spacial score (nSPS) is 43.9. The van der Waals surface area contributed by atoms with Gasteiger partial charge < -0.3 is 0 Å². The first-order valence-corrected chi connectivity index (χ1v) is 12.8. The van der Waals surface area contributed by atoms with Crippen LogP contribution in [0.15, 0.2) is 0 Å². The van der Waals surface area contributed by atoms with Gasteiger partial charge in [-0.3, -0.25) is 0 Å². The van der Waals surface area contributed by atoms with Gasteiger partial charge in [-0.05, 0) is 58.7 Å². The number of unbranched alkanes of at least 4 members (excludes halogenated alkanes) is 6. The van der Waals surface area contributed by atoms with Crippen LogP contribution in [0.2, 0.25) is 0 Å². The van der Waals surface area contributed by atoms with E-state index in [4.69, 9.17) is 0 Å². The van der Waals surface area contributed by atoms with E-state index in [1.165, 1.54) is 70.6 Å². The molecule has 3 fully saturated rings. The van der Waals surface area contributed by atoms with Crippen LogP contribution in [-0.2, 0) is 0 Å². The first-order chi connectivity index (χ1) is 12.8. The van der Waals surface area contributed by atoms with E-state index in [2.05, 4.69) is 48.5 Å². The third-order valence-corrected chi connectivity index (χ3v) is 10.0. The van der Waals surface area contributed by atoms with Gasteiger partial charge in [0.25, 0.3) is 0 Å². The zero-order valence-corrected chi connectivity index (χ0v) is 19.9. The van der Waals surface area contributed by atoms with Crippen LogP contribution in [0.1, 0.15) is 126 Å². The first kappa shape index (κ1) is 21.7. The van der Waals surface area contributed by atoms with Gasteiger partial charge in [0.2, 0.25) is 0 Å². The lowest BCUT2D eigenvalue weighted by Crippen LogP contribution is -2.68. The highest BCUT2D eigenvalue weighted by molar-refractivity contribution is 5.37. The van der Waals surface area contributed by atoms with E-state index in [0.717, 1.165) is 35.0 Å². The molecule has 3 aliphatic rings. The molecule has 8 atom stereocenters. The van der Waals surface area contributed by atoms with Gasteiger partial charge in [0.15, 0.2) is 0 Å². The average Bonchev–Trinajstić information content (AvgIpc) is 3.13. The smallest absolute Gasteiger partial charge is 0.0191 e. The van der Waals surface area contributed by atoms with E-state index in [1.807, 2.05) is 0 Å². The van der Waals surface area contributed by atoms with Gasteiger partial charge in [-0.25, -0.2) is 0 Å². The van der Waals surface area contributed by atoms with Gasteiger partial charge in [-0.2, -0.15) is 0 Å². The molecule has 0 aromatic rings. The molecule has 8 unspecified atom stereocenters. The lowest BCUT2D eigenvalue weighted by atomic mass is 9.31. The summed E-state index contributed by atoms with van der Waals surface area (Å²) in [6, 6.07) is 0. The fourth-order valence-corrected chi connectivity index (χ4v) is 9.07. The number of fused-ring (bicyclic) bond motifs is 4. The minimum absolute atomic E-state index is 0.643. The van der Waals surface area contributed by atoms with Crippen molar-refractivity contribution < 1.29 is 0 Å². The summed E-state index contributed by atoms with van der Waals surface area (Å²) in [4.78, 5) is 0. The van der Waals surface area contributed by atoms with Crippen LogP contribution in [0, 0.1) is 45.8 Å². The molecule has 3 saturated carbocycles. The fraction of sp³-hybridized carbons (Fsp3) is 1.00. The number of hydrogen-bond acceptors (Lipinski definition) is 0. The molecular formula is C27H50. The molecule has 0 aromatic carbocycles. The van der Waals surface area contributed by atoms with Gasteiger partial charge in [-0.1, -0.05) is 113 Å². The van der Waals surface area contributed by atoms with Crippen LogP contribution in [-0.4, -0.2) is 0 Å². The summed E-state index contributed by atoms with van der Waals surface area (Å²) in [6.45, 7) is 17.8.